The molecular formula is C29H36N4O2. The maximum atomic E-state index is 13.4. The highest BCUT2D eigenvalue weighted by molar-refractivity contribution is 6.06. The lowest BCUT2D eigenvalue weighted by molar-refractivity contribution is 0.0952. The van der Waals surface area contributed by atoms with E-state index >= 15 is 0 Å². The summed E-state index contributed by atoms with van der Waals surface area (Å²) in [5.74, 6) is -0.187. The predicted molar refractivity (Wildman–Crippen MR) is 142 cm³/mol. The van der Waals surface area contributed by atoms with Gasteiger partial charge >= 0.3 is 0 Å². The molecule has 0 unspecified atom stereocenters. The van der Waals surface area contributed by atoms with Crippen molar-refractivity contribution in [1.82, 2.24) is 20.1 Å². The van der Waals surface area contributed by atoms with E-state index in [9.17, 15) is 9.59 Å². The number of aromatic amines is 1. The van der Waals surface area contributed by atoms with Gasteiger partial charge in [-0.15, -0.1) is 0 Å². The van der Waals surface area contributed by atoms with Crippen molar-refractivity contribution in [2.24, 2.45) is 0 Å². The minimum atomic E-state index is -0.187. The molecule has 1 aromatic carbocycles. The fraction of sp³-hybridized carbons (Fsp3) is 0.414. The normalized spacial score (nSPS) is 14.9. The molecule has 0 bridgehead atoms. The lowest BCUT2D eigenvalue weighted by Gasteiger charge is -2.14. The average molecular weight is 473 g/mol. The number of aryl methyl sites for hydroxylation is 2. The Morgan fingerprint density at radius 3 is 2.71 bits per heavy atom. The van der Waals surface area contributed by atoms with Gasteiger partial charge in [0.15, 0.2) is 0 Å². The van der Waals surface area contributed by atoms with Crippen LogP contribution in [-0.4, -0.2) is 20.7 Å². The zero-order valence-corrected chi connectivity index (χ0v) is 21.3. The molecule has 2 aromatic heterocycles. The van der Waals surface area contributed by atoms with Gasteiger partial charge in [0.25, 0.3) is 11.5 Å². The van der Waals surface area contributed by atoms with Gasteiger partial charge in [-0.05, 0) is 75.8 Å². The zero-order chi connectivity index (χ0) is 24.9. The molecule has 0 saturated heterocycles. The van der Waals surface area contributed by atoms with Crippen LogP contribution >= 0.6 is 0 Å². The number of nitrogens with zero attached hydrogens (tertiary/aromatic N) is 2. The van der Waals surface area contributed by atoms with Gasteiger partial charge in [0.05, 0.1) is 23.3 Å². The fourth-order valence-corrected chi connectivity index (χ4v) is 4.87. The zero-order valence-electron chi connectivity index (χ0n) is 21.3. The van der Waals surface area contributed by atoms with E-state index in [2.05, 4.69) is 53.1 Å². The maximum absolute atomic E-state index is 13.4. The van der Waals surface area contributed by atoms with Crippen LogP contribution in [-0.2, 0) is 13.0 Å². The molecule has 0 spiro atoms. The molecule has 1 aliphatic rings. The number of aromatic nitrogens is 3. The molecule has 6 nitrogen and oxygen atoms in total. The second-order valence-electron chi connectivity index (χ2n) is 9.73. The second kappa shape index (κ2) is 10.9. The van der Waals surface area contributed by atoms with E-state index in [0.29, 0.717) is 17.2 Å². The second-order valence-corrected chi connectivity index (χ2v) is 9.73. The first kappa shape index (κ1) is 24.7. The van der Waals surface area contributed by atoms with E-state index in [1.165, 1.54) is 18.4 Å². The number of pyridine rings is 1. The van der Waals surface area contributed by atoms with Crippen LogP contribution in [0.25, 0.3) is 10.9 Å². The van der Waals surface area contributed by atoms with E-state index < -0.39 is 0 Å². The van der Waals surface area contributed by atoms with Crippen LogP contribution in [0.2, 0.25) is 0 Å². The van der Waals surface area contributed by atoms with Gasteiger partial charge in [-0.25, -0.2) is 0 Å². The van der Waals surface area contributed by atoms with E-state index in [1.807, 2.05) is 32.2 Å². The SMILES string of the molecule is CC/C(C)=C\C=C/Cc1cc(C(=O)NCc2c(C)cc(C)[nH]c2=O)c2cnn(C3CCCC3)c2c1. The van der Waals surface area contributed by atoms with Gasteiger partial charge in [0, 0.05) is 23.2 Å². The maximum Gasteiger partial charge on any atom is 0.253 e. The standard InChI is InChI=1S/C29H36N4O2/c1-5-19(2)10-6-7-11-22-15-24(26-18-31-33(27(26)16-22)23-12-8-9-13-23)28(34)30-17-25-20(3)14-21(4)32-29(25)35/h6-7,10,14-16,18,23H,5,8-9,11-13,17H2,1-4H3,(H,30,34)(H,32,35)/b7-6-,19-10-. The number of hydrogen-bond acceptors (Lipinski definition) is 3. The molecule has 35 heavy (non-hydrogen) atoms. The summed E-state index contributed by atoms with van der Waals surface area (Å²) in [5.41, 5.74) is 6.14. The third kappa shape index (κ3) is 5.64. The number of allylic oxidation sites excluding steroid dienone is 4. The average Bonchev–Trinajstić information content (AvgIpc) is 3.50. The van der Waals surface area contributed by atoms with Crippen molar-refractivity contribution < 1.29 is 4.79 Å². The van der Waals surface area contributed by atoms with Gasteiger partial charge in [-0.3, -0.25) is 14.3 Å². The Labute approximate surface area is 207 Å². The summed E-state index contributed by atoms with van der Waals surface area (Å²) in [6.45, 7) is 8.21. The summed E-state index contributed by atoms with van der Waals surface area (Å²) >= 11 is 0. The Hall–Kier alpha value is -3.41. The van der Waals surface area contributed by atoms with Crippen LogP contribution in [0.4, 0.5) is 0 Å². The van der Waals surface area contributed by atoms with Crippen molar-refractivity contribution in [3.63, 3.8) is 0 Å². The van der Waals surface area contributed by atoms with Crippen molar-refractivity contribution in [2.45, 2.75) is 78.8 Å². The molecular weight excluding hydrogens is 436 g/mol. The largest absolute Gasteiger partial charge is 0.348 e. The first-order valence-corrected chi connectivity index (χ1v) is 12.7. The smallest absolute Gasteiger partial charge is 0.253 e. The van der Waals surface area contributed by atoms with Gasteiger partial charge in [-0.1, -0.05) is 43.6 Å². The highest BCUT2D eigenvalue weighted by atomic mass is 16.1. The number of hydrogen-bond donors (Lipinski definition) is 2. The Morgan fingerprint density at radius 1 is 1.23 bits per heavy atom. The molecule has 1 aliphatic carbocycles. The Bertz CT molecular complexity index is 1340. The van der Waals surface area contributed by atoms with Crippen LogP contribution in [0, 0.1) is 13.8 Å². The van der Waals surface area contributed by atoms with Crippen LogP contribution in [0.1, 0.15) is 84.7 Å². The van der Waals surface area contributed by atoms with Crippen molar-refractivity contribution in [2.75, 3.05) is 0 Å². The molecule has 184 valence electrons. The molecule has 0 aliphatic heterocycles. The molecule has 1 fully saturated rings. The predicted octanol–water partition coefficient (Wildman–Crippen LogP) is 5.84. The van der Waals surface area contributed by atoms with Gasteiger partial charge in [0.2, 0.25) is 0 Å². The molecule has 2 N–H and O–H groups in total. The molecule has 3 aromatic rings. The monoisotopic (exact) mass is 472 g/mol. The summed E-state index contributed by atoms with van der Waals surface area (Å²) in [5, 5.41) is 8.54. The summed E-state index contributed by atoms with van der Waals surface area (Å²) < 4.78 is 2.11. The molecule has 2 heterocycles. The summed E-state index contributed by atoms with van der Waals surface area (Å²) in [6.07, 6.45) is 14.6. The van der Waals surface area contributed by atoms with E-state index in [-0.39, 0.29) is 18.0 Å². The van der Waals surface area contributed by atoms with Crippen molar-refractivity contribution in [3.8, 4) is 0 Å². The van der Waals surface area contributed by atoms with E-state index in [4.69, 9.17) is 5.10 Å². The fourth-order valence-electron chi connectivity index (χ4n) is 4.87. The first-order valence-electron chi connectivity index (χ1n) is 12.7. The number of fused-ring (bicyclic) bond motifs is 1. The molecule has 0 radical (unpaired) electrons. The lowest BCUT2D eigenvalue weighted by atomic mass is 10.0. The van der Waals surface area contributed by atoms with Crippen LogP contribution in [0.15, 0.2) is 53.0 Å². The van der Waals surface area contributed by atoms with Crippen LogP contribution < -0.4 is 10.9 Å². The van der Waals surface area contributed by atoms with E-state index in [0.717, 1.165) is 53.4 Å². The van der Waals surface area contributed by atoms with Gasteiger partial charge in [0.1, 0.15) is 0 Å². The quantitative estimate of drug-likeness (QED) is 0.404. The van der Waals surface area contributed by atoms with Crippen molar-refractivity contribution >= 4 is 16.8 Å². The van der Waals surface area contributed by atoms with Crippen molar-refractivity contribution in [3.05, 3.63) is 86.5 Å². The number of rotatable bonds is 8. The number of carbonyl (C=O) groups excluding carboxylic acids is 1. The number of amides is 1. The highest BCUT2D eigenvalue weighted by Gasteiger charge is 2.22. The minimum Gasteiger partial charge on any atom is -0.348 e. The summed E-state index contributed by atoms with van der Waals surface area (Å²) in [4.78, 5) is 28.6. The Morgan fingerprint density at radius 2 is 2.00 bits per heavy atom. The van der Waals surface area contributed by atoms with Gasteiger partial charge in [-0.2, -0.15) is 5.10 Å². The number of H-pyrrole nitrogens is 1. The van der Waals surface area contributed by atoms with Gasteiger partial charge < -0.3 is 10.3 Å². The molecule has 4 rings (SSSR count). The summed E-state index contributed by atoms with van der Waals surface area (Å²) in [7, 11) is 0. The van der Waals surface area contributed by atoms with Crippen LogP contribution in [0.5, 0.6) is 0 Å². The summed E-state index contributed by atoms with van der Waals surface area (Å²) in [6, 6.07) is 6.45. The molecule has 6 heteroatoms. The lowest BCUT2D eigenvalue weighted by Crippen LogP contribution is -2.28. The van der Waals surface area contributed by atoms with E-state index in [1.54, 1.807) is 0 Å². The third-order valence-electron chi connectivity index (χ3n) is 7.04. The molecule has 0 atom stereocenters. The topological polar surface area (TPSA) is 79.8 Å². The van der Waals surface area contributed by atoms with Crippen LogP contribution in [0.3, 0.4) is 0 Å². The molecule has 1 amide bonds. The highest BCUT2D eigenvalue weighted by Crippen LogP contribution is 2.33. The molecule has 1 saturated carbocycles. The first-order chi connectivity index (χ1) is 16.9. The van der Waals surface area contributed by atoms with Crippen molar-refractivity contribution in [1.29, 1.82) is 0 Å². The Balaban J connectivity index is 1.65. The number of benzene rings is 1. The number of carbonyl (C=O) groups is 1. The third-order valence-corrected chi connectivity index (χ3v) is 7.04. The Kier molecular flexibility index (Phi) is 7.69. The number of nitrogens with one attached hydrogen (secondary N) is 2. The minimum absolute atomic E-state index is 0.156.